The van der Waals surface area contributed by atoms with Crippen LogP contribution in [-0.4, -0.2) is 5.11 Å². The lowest BCUT2D eigenvalue weighted by Crippen LogP contribution is -1.92. The number of rotatable bonds is 3. The summed E-state index contributed by atoms with van der Waals surface area (Å²) in [6.45, 7) is 1.72. The molecule has 0 saturated heterocycles. The minimum atomic E-state index is -0.507. The molecule has 0 unspecified atom stereocenters. The molecule has 94 valence electrons. The van der Waals surface area contributed by atoms with Crippen molar-refractivity contribution in [1.29, 1.82) is 0 Å². The molecule has 0 aliphatic rings. The second-order valence-electron chi connectivity index (χ2n) is 3.92. The Kier molecular flexibility index (Phi) is 4.43. The molecule has 0 bridgehead atoms. The first-order valence-electron chi connectivity index (χ1n) is 5.47. The molecule has 0 aliphatic heterocycles. The van der Waals surface area contributed by atoms with E-state index < -0.39 is 6.10 Å². The lowest BCUT2D eigenvalue weighted by Gasteiger charge is -2.09. The van der Waals surface area contributed by atoms with Gasteiger partial charge in [0.15, 0.2) is 0 Å². The van der Waals surface area contributed by atoms with Crippen molar-refractivity contribution in [3.63, 3.8) is 0 Å². The average molecular weight is 327 g/mol. The first kappa shape index (κ1) is 13.6. The Bertz CT molecular complexity index is 557. The summed E-state index contributed by atoms with van der Waals surface area (Å²) >= 11 is 4.91. The molecule has 1 atom stereocenters. The van der Waals surface area contributed by atoms with Crippen molar-refractivity contribution in [3.8, 4) is 0 Å². The quantitative estimate of drug-likeness (QED) is 0.874. The predicted molar refractivity (Wildman–Crippen MR) is 75.3 cm³/mol. The lowest BCUT2D eigenvalue weighted by molar-refractivity contribution is 0.198. The Balaban J connectivity index is 2.23. The molecule has 0 fully saturated rings. The molecule has 0 amide bonds. The van der Waals surface area contributed by atoms with Crippen LogP contribution < -0.4 is 0 Å². The fourth-order valence-corrected chi connectivity index (χ4v) is 3.34. The number of aliphatic hydroxyl groups is 1. The van der Waals surface area contributed by atoms with Crippen LogP contribution in [0.3, 0.4) is 0 Å². The first-order valence-corrected chi connectivity index (χ1v) is 7.08. The summed E-state index contributed by atoms with van der Waals surface area (Å²) in [5.74, 6) is -0.236. The largest absolute Gasteiger partial charge is 0.389 e. The molecule has 1 nitrogen and oxygen atoms in total. The van der Waals surface area contributed by atoms with E-state index in [0.29, 0.717) is 0 Å². The minimum absolute atomic E-state index is 0.236. The highest BCUT2D eigenvalue weighted by atomic mass is 79.9. The third-order valence-corrected chi connectivity index (χ3v) is 4.12. The van der Waals surface area contributed by atoms with Crippen molar-refractivity contribution >= 4 is 27.7 Å². The van der Waals surface area contributed by atoms with Crippen LogP contribution in [0.15, 0.2) is 56.7 Å². The summed E-state index contributed by atoms with van der Waals surface area (Å²) in [5, 5.41) is 9.54. The number of hydrogen-bond donors (Lipinski definition) is 1. The summed E-state index contributed by atoms with van der Waals surface area (Å²) < 4.78 is 13.9. The molecule has 0 aromatic heterocycles. The van der Waals surface area contributed by atoms with Gasteiger partial charge in [-0.25, -0.2) is 4.39 Å². The van der Waals surface area contributed by atoms with E-state index in [-0.39, 0.29) is 5.82 Å². The van der Waals surface area contributed by atoms with Gasteiger partial charge in [-0.1, -0.05) is 39.8 Å². The fraction of sp³-hybridized carbons (Fsp3) is 0.143. The normalized spacial score (nSPS) is 12.4. The van der Waals surface area contributed by atoms with Crippen molar-refractivity contribution in [1.82, 2.24) is 0 Å². The highest BCUT2D eigenvalue weighted by molar-refractivity contribution is 9.10. The number of benzene rings is 2. The molecule has 4 heteroatoms. The second kappa shape index (κ2) is 5.87. The zero-order valence-electron chi connectivity index (χ0n) is 9.73. The average Bonchev–Trinajstić information content (AvgIpc) is 2.28. The summed E-state index contributed by atoms with van der Waals surface area (Å²) in [4.78, 5) is 1.85. The Morgan fingerprint density at radius 3 is 2.50 bits per heavy atom. The summed E-state index contributed by atoms with van der Waals surface area (Å²) in [7, 11) is 0. The van der Waals surface area contributed by atoms with Gasteiger partial charge in [-0.15, -0.1) is 0 Å². The Labute approximate surface area is 118 Å². The van der Waals surface area contributed by atoms with Gasteiger partial charge in [-0.05, 0) is 42.8 Å². The molecule has 2 aromatic carbocycles. The van der Waals surface area contributed by atoms with Gasteiger partial charge in [0, 0.05) is 14.3 Å². The maximum absolute atomic E-state index is 13.1. The summed E-state index contributed by atoms with van der Waals surface area (Å²) in [5.41, 5.74) is 0.846. The summed E-state index contributed by atoms with van der Waals surface area (Å²) in [6.07, 6.45) is -0.507. The molecular weight excluding hydrogens is 315 g/mol. The number of aliphatic hydroxyl groups excluding tert-OH is 1. The first-order chi connectivity index (χ1) is 8.56. The van der Waals surface area contributed by atoms with Crippen LogP contribution in [0.2, 0.25) is 0 Å². The molecule has 1 N–H and O–H groups in total. The van der Waals surface area contributed by atoms with Crippen LogP contribution >= 0.6 is 27.7 Å². The van der Waals surface area contributed by atoms with E-state index in [2.05, 4.69) is 15.9 Å². The van der Waals surface area contributed by atoms with Crippen molar-refractivity contribution in [2.75, 3.05) is 0 Å². The highest BCUT2D eigenvalue weighted by Gasteiger charge is 2.07. The van der Waals surface area contributed by atoms with E-state index in [9.17, 15) is 9.50 Å². The van der Waals surface area contributed by atoms with Crippen LogP contribution in [0.5, 0.6) is 0 Å². The molecule has 0 radical (unpaired) electrons. The van der Waals surface area contributed by atoms with Crippen LogP contribution in [0, 0.1) is 5.82 Å². The SMILES string of the molecule is C[C@H](O)c1ccc(Sc2cccc(F)c2)cc1Br. The van der Waals surface area contributed by atoms with Gasteiger partial charge in [0.25, 0.3) is 0 Å². The highest BCUT2D eigenvalue weighted by Crippen LogP contribution is 2.33. The Hall–Kier alpha value is -0.840. The van der Waals surface area contributed by atoms with Crippen molar-refractivity contribution in [3.05, 3.63) is 58.3 Å². The molecule has 2 rings (SSSR count). The second-order valence-corrected chi connectivity index (χ2v) is 5.92. The standard InChI is InChI=1S/C14H12BrFOS/c1-9(17)13-6-5-12(8-14(13)15)18-11-4-2-3-10(16)7-11/h2-9,17H,1H3/t9-/m0/s1. The Morgan fingerprint density at radius 1 is 1.17 bits per heavy atom. The van der Waals surface area contributed by atoms with E-state index in [1.165, 1.54) is 23.9 Å². The monoisotopic (exact) mass is 326 g/mol. The van der Waals surface area contributed by atoms with Gasteiger partial charge < -0.3 is 5.11 Å². The van der Waals surface area contributed by atoms with Gasteiger partial charge in [0.05, 0.1) is 6.10 Å². The fourth-order valence-electron chi connectivity index (χ4n) is 1.58. The zero-order chi connectivity index (χ0) is 13.1. The van der Waals surface area contributed by atoms with Crippen molar-refractivity contribution in [2.45, 2.75) is 22.8 Å². The van der Waals surface area contributed by atoms with E-state index in [0.717, 1.165) is 19.8 Å². The van der Waals surface area contributed by atoms with Crippen LogP contribution in [0.4, 0.5) is 4.39 Å². The van der Waals surface area contributed by atoms with Gasteiger partial charge in [0.2, 0.25) is 0 Å². The van der Waals surface area contributed by atoms with Gasteiger partial charge in [-0.3, -0.25) is 0 Å². The number of halogens is 2. The van der Waals surface area contributed by atoms with E-state index >= 15 is 0 Å². The van der Waals surface area contributed by atoms with E-state index in [1.54, 1.807) is 13.0 Å². The third-order valence-electron chi connectivity index (χ3n) is 2.45. The van der Waals surface area contributed by atoms with Crippen LogP contribution in [-0.2, 0) is 0 Å². The molecule has 0 aliphatic carbocycles. The molecule has 2 aromatic rings. The van der Waals surface area contributed by atoms with E-state index in [1.807, 2.05) is 24.3 Å². The molecule has 0 heterocycles. The third kappa shape index (κ3) is 3.34. The molecule has 0 saturated carbocycles. The smallest absolute Gasteiger partial charge is 0.124 e. The minimum Gasteiger partial charge on any atom is -0.389 e. The predicted octanol–water partition coefficient (Wildman–Crippen LogP) is 4.79. The summed E-state index contributed by atoms with van der Waals surface area (Å²) in [6, 6.07) is 12.2. The maximum Gasteiger partial charge on any atom is 0.124 e. The van der Waals surface area contributed by atoms with Crippen LogP contribution in [0.25, 0.3) is 0 Å². The van der Waals surface area contributed by atoms with Gasteiger partial charge in [0.1, 0.15) is 5.82 Å². The van der Waals surface area contributed by atoms with Crippen molar-refractivity contribution < 1.29 is 9.50 Å². The molecule has 0 spiro atoms. The van der Waals surface area contributed by atoms with Gasteiger partial charge >= 0.3 is 0 Å². The topological polar surface area (TPSA) is 20.2 Å². The van der Waals surface area contributed by atoms with Crippen LogP contribution in [0.1, 0.15) is 18.6 Å². The zero-order valence-corrected chi connectivity index (χ0v) is 12.1. The maximum atomic E-state index is 13.1. The van der Waals surface area contributed by atoms with E-state index in [4.69, 9.17) is 0 Å². The number of hydrogen-bond acceptors (Lipinski definition) is 2. The lowest BCUT2D eigenvalue weighted by atomic mass is 10.1. The van der Waals surface area contributed by atoms with Crippen molar-refractivity contribution in [2.24, 2.45) is 0 Å². The molecular formula is C14H12BrFOS. The Morgan fingerprint density at radius 2 is 1.89 bits per heavy atom. The molecule has 18 heavy (non-hydrogen) atoms. The van der Waals surface area contributed by atoms with Gasteiger partial charge in [-0.2, -0.15) is 0 Å².